The van der Waals surface area contributed by atoms with Gasteiger partial charge in [0.05, 0.1) is 17.7 Å². The molecule has 1 amide bonds. The van der Waals surface area contributed by atoms with Gasteiger partial charge in [-0.15, -0.1) is 0 Å². The van der Waals surface area contributed by atoms with Crippen molar-refractivity contribution in [1.82, 2.24) is 5.32 Å². The smallest absolute Gasteiger partial charge is 0.264 e. The van der Waals surface area contributed by atoms with Crippen molar-refractivity contribution in [3.05, 3.63) is 53.6 Å². The third-order valence-corrected chi connectivity index (χ3v) is 7.37. The molecule has 2 aromatic rings. The molecule has 0 bridgehead atoms. The van der Waals surface area contributed by atoms with E-state index in [9.17, 15) is 13.2 Å². The number of nitrogens with one attached hydrogen (secondary N) is 1. The van der Waals surface area contributed by atoms with Crippen LogP contribution in [0.4, 0.5) is 5.69 Å². The van der Waals surface area contributed by atoms with Crippen molar-refractivity contribution >= 4 is 33.2 Å². The first-order valence-electron chi connectivity index (χ1n) is 10.1. The zero-order valence-electron chi connectivity index (χ0n) is 17.0. The zero-order chi connectivity index (χ0) is 21.6. The fraction of sp³-hybridized carbons (Fsp3) is 0.409. The van der Waals surface area contributed by atoms with Crippen LogP contribution < -0.4 is 14.4 Å². The average molecular weight is 451 g/mol. The van der Waals surface area contributed by atoms with E-state index in [0.29, 0.717) is 28.9 Å². The van der Waals surface area contributed by atoms with Crippen LogP contribution in [-0.4, -0.2) is 34.5 Å². The highest BCUT2D eigenvalue weighted by molar-refractivity contribution is 7.92. The Hall–Kier alpha value is -2.25. The topological polar surface area (TPSA) is 75.7 Å². The minimum atomic E-state index is -3.98. The Labute approximate surface area is 183 Å². The van der Waals surface area contributed by atoms with E-state index in [1.54, 1.807) is 30.3 Å². The number of halogens is 1. The number of hydrogen-bond acceptors (Lipinski definition) is 4. The molecule has 0 aromatic heterocycles. The Kier molecular flexibility index (Phi) is 7.61. The third-order valence-electron chi connectivity index (χ3n) is 5.34. The molecular formula is C22H27ClN2O4S. The number of carbonyl (C=O) groups excluding carboxylic acids is 1. The first-order chi connectivity index (χ1) is 14.4. The highest BCUT2D eigenvalue weighted by atomic mass is 35.5. The van der Waals surface area contributed by atoms with Gasteiger partial charge in [0.25, 0.3) is 10.0 Å². The fourth-order valence-electron chi connectivity index (χ4n) is 3.66. The summed E-state index contributed by atoms with van der Waals surface area (Å²) in [7, 11) is -2.46. The van der Waals surface area contributed by atoms with Gasteiger partial charge >= 0.3 is 0 Å². The minimum absolute atomic E-state index is 0.0726. The summed E-state index contributed by atoms with van der Waals surface area (Å²) in [5, 5.41) is 3.30. The van der Waals surface area contributed by atoms with E-state index >= 15 is 0 Å². The summed E-state index contributed by atoms with van der Waals surface area (Å²) in [6, 6.07) is 12.6. The first kappa shape index (κ1) is 22.4. The standard InChI is InChI=1S/C22H27ClN2O4S/c1-29-20-10-12-21(13-11-20)30(27,28)25(19-9-5-8-18(23)14-19)16-22(26)24-15-17-6-3-2-4-7-17/h5,8-14,17H,2-4,6-7,15-16H2,1H3,(H,24,26). The van der Waals surface area contributed by atoms with Crippen LogP contribution in [0.2, 0.25) is 5.02 Å². The van der Waals surface area contributed by atoms with E-state index in [0.717, 1.165) is 17.1 Å². The summed E-state index contributed by atoms with van der Waals surface area (Å²) in [6.45, 7) is 0.256. The summed E-state index contributed by atoms with van der Waals surface area (Å²) < 4.78 is 32.9. The summed E-state index contributed by atoms with van der Waals surface area (Å²) in [4.78, 5) is 12.7. The van der Waals surface area contributed by atoms with Crippen molar-refractivity contribution in [2.75, 3.05) is 24.5 Å². The van der Waals surface area contributed by atoms with Crippen LogP contribution in [0.25, 0.3) is 0 Å². The molecule has 3 rings (SSSR count). The summed E-state index contributed by atoms with van der Waals surface area (Å²) in [6.07, 6.45) is 5.81. The van der Waals surface area contributed by atoms with Gasteiger partial charge in [-0.25, -0.2) is 8.42 Å². The van der Waals surface area contributed by atoms with Crippen LogP contribution in [0.1, 0.15) is 32.1 Å². The molecule has 30 heavy (non-hydrogen) atoms. The quantitative estimate of drug-likeness (QED) is 0.652. The third kappa shape index (κ3) is 5.67. The summed E-state index contributed by atoms with van der Waals surface area (Å²) >= 11 is 6.09. The summed E-state index contributed by atoms with van der Waals surface area (Å²) in [5.41, 5.74) is 0.339. The number of rotatable bonds is 8. The molecule has 0 spiro atoms. The molecule has 1 fully saturated rings. The number of amides is 1. The Morgan fingerprint density at radius 2 is 1.83 bits per heavy atom. The largest absolute Gasteiger partial charge is 0.497 e. The van der Waals surface area contributed by atoms with E-state index in [4.69, 9.17) is 16.3 Å². The number of anilines is 1. The van der Waals surface area contributed by atoms with Crippen molar-refractivity contribution in [2.45, 2.75) is 37.0 Å². The van der Waals surface area contributed by atoms with Crippen molar-refractivity contribution in [2.24, 2.45) is 5.92 Å². The Balaban J connectivity index is 1.81. The average Bonchev–Trinajstić information content (AvgIpc) is 2.76. The van der Waals surface area contributed by atoms with E-state index < -0.39 is 10.0 Å². The lowest BCUT2D eigenvalue weighted by Crippen LogP contribution is -2.42. The predicted octanol–water partition coefficient (Wildman–Crippen LogP) is 4.24. The summed E-state index contributed by atoms with van der Waals surface area (Å²) in [5.74, 6) is 0.673. The van der Waals surface area contributed by atoms with Crippen LogP contribution in [-0.2, 0) is 14.8 Å². The molecule has 0 aliphatic heterocycles. The molecule has 6 nitrogen and oxygen atoms in total. The van der Waals surface area contributed by atoms with Crippen LogP contribution in [0.3, 0.4) is 0 Å². The molecule has 0 atom stereocenters. The van der Waals surface area contributed by atoms with Crippen molar-refractivity contribution in [3.8, 4) is 5.75 Å². The fourth-order valence-corrected chi connectivity index (χ4v) is 5.25. The van der Waals surface area contributed by atoms with Gasteiger partial charge in [-0.05, 0) is 61.2 Å². The number of nitrogens with zero attached hydrogens (tertiary/aromatic N) is 1. The van der Waals surface area contributed by atoms with Gasteiger partial charge < -0.3 is 10.1 Å². The molecular weight excluding hydrogens is 424 g/mol. The van der Waals surface area contributed by atoms with E-state index in [1.807, 2.05) is 0 Å². The molecule has 1 N–H and O–H groups in total. The van der Waals surface area contributed by atoms with E-state index in [-0.39, 0.29) is 17.3 Å². The molecule has 1 aliphatic carbocycles. The first-order valence-corrected chi connectivity index (χ1v) is 11.9. The number of methoxy groups -OCH3 is 1. The second-order valence-electron chi connectivity index (χ2n) is 7.48. The lowest BCUT2D eigenvalue weighted by molar-refractivity contribution is -0.119. The number of benzene rings is 2. The normalized spacial score (nSPS) is 14.9. The number of carbonyl (C=O) groups is 1. The van der Waals surface area contributed by atoms with Gasteiger partial charge in [0, 0.05) is 11.6 Å². The molecule has 162 valence electrons. The van der Waals surface area contributed by atoms with Crippen LogP contribution in [0.15, 0.2) is 53.4 Å². The number of sulfonamides is 1. The van der Waals surface area contributed by atoms with Crippen LogP contribution in [0, 0.1) is 5.92 Å². The highest BCUT2D eigenvalue weighted by Crippen LogP contribution is 2.27. The maximum absolute atomic E-state index is 13.3. The molecule has 1 saturated carbocycles. The van der Waals surface area contributed by atoms with E-state index in [1.165, 1.54) is 44.6 Å². The molecule has 8 heteroatoms. The van der Waals surface area contributed by atoms with Crippen molar-refractivity contribution < 1.29 is 17.9 Å². The van der Waals surface area contributed by atoms with E-state index in [2.05, 4.69) is 5.32 Å². The molecule has 2 aromatic carbocycles. The second kappa shape index (κ2) is 10.2. The van der Waals surface area contributed by atoms with Gasteiger partial charge in [-0.3, -0.25) is 9.10 Å². The van der Waals surface area contributed by atoms with Gasteiger partial charge in [0.1, 0.15) is 12.3 Å². The number of ether oxygens (including phenoxy) is 1. The van der Waals surface area contributed by atoms with Gasteiger partial charge in [0.2, 0.25) is 5.91 Å². The van der Waals surface area contributed by atoms with Crippen LogP contribution >= 0.6 is 11.6 Å². The Bertz CT molecular complexity index is 957. The highest BCUT2D eigenvalue weighted by Gasteiger charge is 2.28. The maximum atomic E-state index is 13.3. The monoisotopic (exact) mass is 450 g/mol. The molecule has 1 aliphatic rings. The zero-order valence-corrected chi connectivity index (χ0v) is 18.6. The second-order valence-corrected chi connectivity index (χ2v) is 9.77. The molecule has 0 heterocycles. The molecule has 0 radical (unpaired) electrons. The Morgan fingerprint density at radius 1 is 1.13 bits per heavy atom. The van der Waals surface area contributed by atoms with Crippen LogP contribution in [0.5, 0.6) is 5.75 Å². The Morgan fingerprint density at radius 3 is 2.47 bits per heavy atom. The molecule has 0 saturated heterocycles. The molecule has 0 unspecified atom stereocenters. The lowest BCUT2D eigenvalue weighted by atomic mass is 9.89. The SMILES string of the molecule is COc1ccc(S(=O)(=O)N(CC(=O)NCC2CCCCC2)c2cccc(Cl)c2)cc1. The van der Waals surface area contributed by atoms with Gasteiger partial charge in [-0.1, -0.05) is 36.9 Å². The number of hydrogen-bond donors (Lipinski definition) is 1. The predicted molar refractivity (Wildman–Crippen MR) is 119 cm³/mol. The van der Waals surface area contributed by atoms with Gasteiger partial charge in [0.15, 0.2) is 0 Å². The van der Waals surface area contributed by atoms with Crippen molar-refractivity contribution in [3.63, 3.8) is 0 Å². The maximum Gasteiger partial charge on any atom is 0.264 e. The van der Waals surface area contributed by atoms with Crippen molar-refractivity contribution in [1.29, 1.82) is 0 Å². The minimum Gasteiger partial charge on any atom is -0.497 e. The lowest BCUT2D eigenvalue weighted by Gasteiger charge is -2.26. The van der Waals surface area contributed by atoms with Gasteiger partial charge in [-0.2, -0.15) is 0 Å².